The average molecular weight is 401 g/mol. The quantitative estimate of drug-likeness (QED) is 0.785. The summed E-state index contributed by atoms with van der Waals surface area (Å²) in [6, 6.07) is 9.45. The Morgan fingerprint density at radius 2 is 1.96 bits per heavy atom. The van der Waals surface area contributed by atoms with E-state index in [1.54, 1.807) is 16.7 Å². The number of hydrogen-bond acceptors (Lipinski definition) is 6. The normalized spacial score (nSPS) is 20.5. The molecule has 28 heavy (non-hydrogen) atoms. The van der Waals surface area contributed by atoms with Gasteiger partial charge in [-0.15, -0.1) is 11.8 Å². The molecule has 2 fully saturated rings. The lowest BCUT2D eigenvalue weighted by atomic mass is 9.96. The Labute approximate surface area is 168 Å². The van der Waals surface area contributed by atoms with Gasteiger partial charge in [0.15, 0.2) is 0 Å². The van der Waals surface area contributed by atoms with Crippen molar-refractivity contribution in [1.82, 2.24) is 19.9 Å². The standard InChI is InChI=1S/C20H24N4O3S/c1-2-17(25)24-13-28-12-16(24)20(26)23-10-8-15(9-11-23)19-21-18(22-27-19)14-6-4-3-5-7-14/h3-7,15-16H,2,8-13H2,1H3. The molecule has 1 aromatic carbocycles. The number of thioether (sulfide) groups is 1. The number of nitrogens with zero attached hydrogens (tertiary/aromatic N) is 4. The predicted octanol–water partition coefficient (Wildman–Crippen LogP) is 2.75. The predicted molar refractivity (Wildman–Crippen MR) is 107 cm³/mol. The van der Waals surface area contributed by atoms with Crippen LogP contribution in [0.3, 0.4) is 0 Å². The van der Waals surface area contributed by atoms with Crippen molar-refractivity contribution in [3.8, 4) is 11.4 Å². The van der Waals surface area contributed by atoms with Crippen LogP contribution in [-0.2, 0) is 9.59 Å². The zero-order valence-electron chi connectivity index (χ0n) is 15.9. The fourth-order valence-corrected chi connectivity index (χ4v) is 4.93. The molecule has 0 N–H and O–H groups in total. The molecule has 8 heteroatoms. The molecule has 4 rings (SSSR count). The van der Waals surface area contributed by atoms with Gasteiger partial charge in [-0.3, -0.25) is 9.59 Å². The summed E-state index contributed by atoms with van der Waals surface area (Å²) >= 11 is 1.65. The molecule has 1 aromatic heterocycles. The topological polar surface area (TPSA) is 79.5 Å². The zero-order valence-corrected chi connectivity index (χ0v) is 16.7. The molecule has 148 valence electrons. The molecule has 0 radical (unpaired) electrons. The number of hydrogen-bond donors (Lipinski definition) is 0. The van der Waals surface area contributed by atoms with E-state index in [1.165, 1.54) is 0 Å². The second-order valence-corrected chi connectivity index (χ2v) is 8.15. The Bertz CT molecular complexity index is 833. The van der Waals surface area contributed by atoms with Crippen molar-refractivity contribution >= 4 is 23.6 Å². The maximum absolute atomic E-state index is 12.9. The molecule has 0 bridgehead atoms. The third-order valence-electron chi connectivity index (χ3n) is 5.42. The lowest BCUT2D eigenvalue weighted by Gasteiger charge is -2.34. The van der Waals surface area contributed by atoms with Crippen molar-refractivity contribution in [2.24, 2.45) is 0 Å². The van der Waals surface area contributed by atoms with Gasteiger partial charge in [-0.25, -0.2) is 0 Å². The summed E-state index contributed by atoms with van der Waals surface area (Å²) in [4.78, 5) is 33.2. The molecular formula is C20H24N4O3S. The van der Waals surface area contributed by atoms with Crippen LogP contribution >= 0.6 is 11.8 Å². The Morgan fingerprint density at radius 1 is 1.21 bits per heavy atom. The highest BCUT2D eigenvalue weighted by molar-refractivity contribution is 7.99. The molecule has 0 aliphatic carbocycles. The highest BCUT2D eigenvalue weighted by atomic mass is 32.2. The van der Waals surface area contributed by atoms with Crippen LogP contribution in [0, 0.1) is 0 Å². The Hall–Kier alpha value is -2.35. The molecule has 0 spiro atoms. The van der Waals surface area contributed by atoms with Crippen LogP contribution in [0.15, 0.2) is 34.9 Å². The van der Waals surface area contributed by atoms with Gasteiger partial charge in [0, 0.05) is 36.7 Å². The van der Waals surface area contributed by atoms with Crippen molar-refractivity contribution in [2.45, 2.75) is 38.1 Å². The SMILES string of the molecule is CCC(=O)N1CSCC1C(=O)N1CCC(c2nc(-c3ccccc3)no2)CC1. The van der Waals surface area contributed by atoms with E-state index in [9.17, 15) is 9.59 Å². The molecule has 2 saturated heterocycles. The molecule has 7 nitrogen and oxygen atoms in total. The third kappa shape index (κ3) is 3.78. The van der Waals surface area contributed by atoms with Crippen LogP contribution in [0.1, 0.15) is 38.0 Å². The molecule has 2 aliphatic heterocycles. The van der Waals surface area contributed by atoms with Crippen molar-refractivity contribution in [3.63, 3.8) is 0 Å². The van der Waals surface area contributed by atoms with E-state index in [2.05, 4.69) is 10.1 Å². The molecule has 2 aromatic rings. The lowest BCUT2D eigenvalue weighted by molar-refractivity contribution is -0.144. The Balaban J connectivity index is 1.37. The first kappa shape index (κ1) is 19.0. The monoisotopic (exact) mass is 400 g/mol. The second kappa shape index (κ2) is 8.34. The van der Waals surface area contributed by atoms with E-state index in [4.69, 9.17) is 4.52 Å². The van der Waals surface area contributed by atoms with Crippen LogP contribution in [0.5, 0.6) is 0 Å². The maximum Gasteiger partial charge on any atom is 0.246 e. The van der Waals surface area contributed by atoms with Crippen molar-refractivity contribution in [2.75, 3.05) is 24.7 Å². The minimum absolute atomic E-state index is 0.0533. The van der Waals surface area contributed by atoms with E-state index in [0.717, 1.165) is 18.4 Å². The van der Waals surface area contributed by atoms with Crippen LogP contribution in [-0.4, -0.2) is 62.5 Å². The smallest absolute Gasteiger partial charge is 0.246 e. The number of piperidine rings is 1. The summed E-state index contributed by atoms with van der Waals surface area (Å²) in [6.07, 6.45) is 2.03. The molecule has 3 heterocycles. The van der Waals surface area contributed by atoms with E-state index < -0.39 is 0 Å². The molecule has 1 atom stereocenters. The van der Waals surface area contributed by atoms with Gasteiger partial charge in [-0.2, -0.15) is 4.98 Å². The lowest BCUT2D eigenvalue weighted by Crippen LogP contribution is -2.50. The average Bonchev–Trinajstić information content (AvgIpc) is 3.43. The van der Waals surface area contributed by atoms with Crippen LogP contribution in [0.25, 0.3) is 11.4 Å². The first-order chi connectivity index (χ1) is 13.7. The van der Waals surface area contributed by atoms with Crippen molar-refractivity contribution in [1.29, 1.82) is 0 Å². The first-order valence-electron chi connectivity index (χ1n) is 9.72. The first-order valence-corrected chi connectivity index (χ1v) is 10.9. The summed E-state index contributed by atoms with van der Waals surface area (Å²) in [7, 11) is 0. The van der Waals surface area contributed by atoms with Crippen LogP contribution in [0.2, 0.25) is 0 Å². The number of benzene rings is 1. The number of rotatable bonds is 4. The number of aromatic nitrogens is 2. The van der Waals surface area contributed by atoms with Crippen LogP contribution in [0.4, 0.5) is 0 Å². The molecule has 2 aliphatic rings. The van der Waals surface area contributed by atoms with E-state index >= 15 is 0 Å². The highest BCUT2D eigenvalue weighted by Crippen LogP contribution is 2.30. The number of likely N-dealkylation sites (tertiary alicyclic amines) is 1. The van der Waals surface area contributed by atoms with Crippen molar-refractivity contribution < 1.29 is 14.1 Å². The number of amides is 2. The molecule has 2 amide bonds. The maximum atomic E-state index is 12.9. The van der Waals surface area contributed by atoms with Gasteiger partial charge in [-0.1, -0.05) is 42.4 Å². The van der Waals surface area contributed by atoms with Gasteiger partial charge < -0.3 is 14.3 Å². The summed E-state index contributed by atoms with van der Waals surface area (Å²) in [5.74, 6) is 2.84. The van der Waals surface area contributed by atoms with Gasteiger partial charge in [0.1, 0.15) is 6.04 Å². The minimum Gasteiger partial charge on any atom is -0.341 e. The summed E-state index contributed by atoms with van der Waals surface area (Å²) in [5, 5.41) is 4.10. The van der Waals surface area contributed by atoms with Gasteiger partial charge in [0.2, 0.25) is 23.5 Å². The minimum atomic E-state index is -0.318. The van der Waals surface area contributed by atoms with Gasteiger partial charge in [0.25, 0.3) is 0 Å². The largest absolute Gasteiger partial charge is 0.341 e. The van der Waals surface area contributed by atoms with Gasteiger partial charge >= 0.3 is 0 Å². The van der Waals surface area contributed by atoms with Gasteiger partial charge in [-0.05, 0) is 12.8 Å². The fourth-order valence-electron chi connectivity index (χ4n) is 3.76. The van der Waals surface area contributed by atoms with Crippen LogP contribution < -0.4 is 0 Å². The number of carbonyl (C=O) groups excluding carboxylic acids is 2. The summed E-state index contributed by atoms with van der Waals surface area (Å²) in [6.45, 7) is 3.15. The molecule has 0 saturated carbocycles. The van der Waals surface area contributed by atoms with E-state index in [1.807, 2.05) is 42.2 Å². The molecular weight excluding hydrogens is 376 g/mol. The van der Waals surface area contributed by atoms with Gasteiger partial charge in [0.05, 0.1) is 5.88 Å². The Kier molecular flexibility index (Phi) is 5.66. The summed E-state index contributed by atoms with van der Waals surface area (Å²) in [5.41, 5.74) is 0.935. The fraction of sp³-hybridized carbons (Fsp3) is 0.500. The molecule has 1 unspecified atom stereocenters. The third-order valence-corrected chi connectivity index (χ3v) is 6.43. The van der Waals surface area contributed by atoms with E-state index in [0.29, 0.717) is 42.9 Å². The Morgan fingerprint density at radius 3 is 2.68 bits per heavy atom. The second-order valence-electron chi connectivity index (χ2n) is 7.15. The summed E-state index contributed by atoms with van der Waals surface area (Å²) < 4.78 is 5.50. The number of carbonyl (C=O) groups is 2. The van der Waals surface area contributed by atoms with E-state index in [-0.39, 0.29) is 23.8 Å². The highest BCUT2D eigenvalue weighted by Gasteiger charge is 2.38. The zero-order chi connectivity index (χ0) is 19.5. The van der Waals surface area contributed by atoms with Crippen molar-refractivity contribution in [3.05, 3.63) is 36.2 Å².